The highest BCUT2D eigenvalue weighted by Crippen LogP contribution is 2.60. The molecule has 2 aromatic rings. The van der Waals surface area contributed by atoms with E-state index in [1.807, 2.05) is 44.2 Å². The molecule has 0 N–H and O–H groups in total. The molecule has 0 aliphatic rings. The Morgan fingerprint density at radius 3 is 2.12 bits per heavy atom. The van der Waals surface area contributed by atoms with Crippen molar-refractivity contribution < 1.29 is 14.1 Å². The van der Waals surface area contributed by atoms with Crippen molar-refractivity contribution in [3.8, 4) is 0 Å². The van der Waals surface area contributed by atoms with Crippen LogP contribution in [0.4, 0.5) is 0 Å². The van der Waals surface area contributed by atoms with Crippen molar-refractivity contribution in [1.82, 2.24) is 0 Å². The molecule has 1 atom stereocenters. The quantitative estimate of drug-likeness (QED) is 0.412. The molecule has 130 valence electrons. The second-order valence-electron chi connectivity index (χ2n) is 5.91. The van der Waals surface area contributed by atoms with E-state index in [9.17, 15) is 9.36 Å². The molecule has 0 aromatic heterocycles. The lowest BCUT2D eigenvalue weighted by molar-refractivity contribution is 0.0526. The van der Waals surface area contributed by atoms with Crippen molar-refractivity contribution in [2.45, 2.75) is 26.4 Å². The zero-order valence-electron chi connectivity index (χ0n) is 14.9. The van der Waals surface area contributed by atoms with Gasteiger partial charge in [-0.2, -0.15) is 0 Å². The molecule has 3 nitrogen and oxygen atoms in total. The first-order chi connectivity index (χ1) is 11.9. The number of benzene rings is 2. The maximum atomic E-state index is 13.9. The zero-order chi connectivity index (χ0) is 18.4. The van der Waals surface area contributed by atoms with Crippen LogP contribution in [0.3, 0.4) is 0 Å². The molecule has 0 aliphatic carbocycles. The Labute approximate surface area is 149 Å². The number of carbonyl (C=O) groups excluding carboxylic acids is 1. The average molecular weight is 354 g/mol. The summed E-state index contributed by atoms with van der Waals surface area (Å²) < 4.78 is 18.9. The Morgan fingerprint density at radius 1 is 1.08 bits per heavy atom. The molecule has 0 aliphatic heterocycles. The molecule has 0 bridgehead atoms. The molecule has 0 fully saturated rings. The zero-order valence-corrected chi connectivity index (χ0v) is 15.8. The monoisotopic (exact) mass is 354 g/mol. The summed E-state index contributed by atoms with van der Waals surface area (Å²) in [6.45, 7) is 9.75. The number of esters is 1. The second kappa shape index (κ2) is 8.16. The lowest BCUT2D eigenvalue weighted by Crippen LogP contribution is -2.13. The molecule has 2 rings (SSSR count). The Bertz CT molecular complexity index is 829. The van der Waals surface area contributed by atoms with Gasteiger partial charge in [0.05, 0.1) is 17.5 Å². The predicted molar refractivity (Wildman–Crippen MR) is 104 cm³/mol. The van der Waals surface area contributed by atoms with Gasteiger partial charge in [-0.15, -0.1) is 5.73 Å². The molecule has 0 radical (unpaired) electrons. The first-order valence-corrected chi connectivity index (χ1v) is 10.1. The van der Waals surface area contributed by atoms with Gasteiger partial charge >= 0.3 is 5.97 Å². The molecule has 4 heteroatoms. The van der Waals surface area contributed by atoms with E-state index in [1.54, 1.807) is 31.2 Å². The van der Waals surface area contributed by atoms with Crippen molar-refractivity contribution in [2.24, 2.45) is 0 Å². The Morgan fingerprint density at radius 2 is 1.64 bits per heavy atom. The molecule has 0 saturated heterocycles. The maximum absolute atomic E-state index is 13.9. The standard InChI is InChI=1S/C21H23O3P/c1-5-20(17-12-14-18(15-13-17)21(22)24-6-2)25(23,16(3)4)19-10-8-7-9-11-19/h7-16H,1,6H2,2-4H3/t25-/m0/s1. The molecule has 0 unspecified atom stereocenters. The van der Waals surface area contributed by atoms with Gasteiger partial charge in [-0.05, 0) is 24.6 Å². The number of hydrogen-bond donors (Lipinski definition) is 0. The molecule has 2 aromatic carbocycles. The Balaban J connectivity index is 2.49. The smallest absolute Gasteiger partial charge is 0.338 e. The third-order valence-electron chi connectivity index (χ3n) is 4.04. The van der Waals surface area contributed by atoms with E-state index in [-0.39, 0.29) is 11.6 Å². The van der Waals surface area contributed by atoms with Gasteiger partial charge in [0.25, 0.3) is 0 Å². The van der Waals surface area contributed by atoms with E-state index < -0.39 is 7.14 Å². The summed E-state index contributed by atoms with van der Waals surface area (Å²) in [5.74, 6) is -0.367. The van der Waals surface area contributed by atoms with Crippen molar-refractivity contribution in [1.29, 1.82) is 0 Å². The van der Waals surface area contributed by atoms with Crippen LogP contribution in [-0.2, 0) is 9.30 Å². The third kappa shape index (κ3) is 3.85. The maximum Gasteiger partial charge on any atom is 0.338 e. The molecule has 0 amide bonds. The lowest BCUT2D eigenvalue weighted by atomic mass is 10.1. The summed E-state index contributed by atoms with van der Waals surface area (Å²) in [6.07, 6.45) is 0. The Kier molecular flexibility index (Phi) is 6.20. The van der Waals surface area contributed by atoms with Crippen molar-refractivity contribution in [3.63, 3.8) is 0 Å². The third-order valence-corrected chi connectivity index (χ3v) is 7.64. The summed E-state index contributed by atoms with van der Waals surface area (Å²) >= 11 is 0. The molecule has 25 heavy (non-hydrogen) atoms. The van der Waals surface area contributed by atoms with Crippen LogP contribution in [0.2, 0.25) is 0 Å². The minimum Gasteiger partial charge on any atom is -0.462 e. The van der Waals surface area contributed by atoms with Gasteiger partial charge in [-0.3, -0.25) is 0 Å². The molecular weight excluding hydrogens is 331 g/mol. The largest absolute Gasteiger partial charge is 0.462 e. The SMILES string of the molecule is C=C=C(c1ccc(C(=O)OCC)cc1)[P@@](=O)(c1ccccc1)C(C)C. The summed E-state index contributed by atoms with van der Waals surface area (Å²) in [7, 11) is -2.90. The van der Waals surface area contributed by atoms with Crippen molar-refractivity contribution in [3.05, 3.63) is 78.0 Å². The van der Waals surface area contributed by atoms with Crippen LogP contribution in [0.1, 0.15) is 36.7 Å². The van der Waals surface area contributed by atoms with Gasteiger partial charge < -0.3 is 9.30 Å². The topological polar surface area (TPSA) is 43.4 Å². The van der Waals surface area contributed by atoms with Gasteiger partial charge in [0.1, 0.15) is 0 Å². The van der Waals surface area contributed by atoms with Gasteiger partial charge in [-0.25, -0.2) is 4.79 Å². The fourth-order valence-corrected chi connectivity index (χ4v) is 5.48. The van der Waals surface area contributed by atoms with Crippen LogP contribution < -0.4 is 5.30 Å². The van der Waals surface area contributed by atoms with Gasteiger partial charge in [-0.1, -0.05) is 62.9 Å². The molecule has 0 spiro atoms. The summed E-state index contributed by atoms with van der Waals surface area (Å²) in [5, 5.41) is 1.37. The number of rotatable bonds is 6. The first kappa shape index (κ1) is 19.0. The van der Waals surface area contributed by atoms with Gasteiger partial charge in [0, 0.05) is 11.0 Å². The van der Waals surface area contributed by atoms with Crippen molar-refractivity contribution >= 4 is 23.7 Å². The highest BCUT2D eigenvalue weighted by Gasteiger charge is 2.34. The summed E-state index contributed by atoms with van der Waals surface area (Å²) in [6, 6.07) is 16.3. The van der Waals surface area contributed by atoms with Crippen LogP contribution in [0.25, 0.3) is 5.31 Å². The summed E-state index contributed by atoms with van der Waals surface area (Å²) in [4.78, 5) is 11.8. The normalized spacial score (nSPS) is 13.0. The van der Waals surface area contributed by atoms with Crippen LogP contribution >= 0.6 is 7.14 Å². The fourth-order valence-electron chi connectivity index (χ4n) is 2.72. The highest BCUT2D eigenvalue weighted by atomic mass is 31.2. The van der Waals surface area contributed by atoms with Crippen LogP contribution in [0.15, 0.2) is 66.9 Å². The van der Waals surface area contributed by atoms with E-state index in [0.717, 1.165) is 10.9 Å². The second-order valence-corrected chi connectivity index (χ2v) is 9.22. The minimum absolute atomic E-state index is 0.0936. The number of hydrogen-bond acceptors (Lipinski definition) is 3. The van der Waals surface area contributed by atoms with Crippen LogP contribution in [-0.4, -0.2) is 18.2 Å². The van der Waals surface area contributed by atoms with E-state index in [0.29, 0.717) is 17.5 Å². The number of carbonyl (C=O) groups is 1. The fraction of sp³-hybridized carbons (Fsp3) is 0.238. The molecular formula is C21H23O3P. The first-order valence-electron chi connectivity index (χ1n) is 8.28. The summed E-state index contributed by atoms with van der Waals surface area (Å²) in [5.41, 5.74) is 4.03. The lowest BCUT2D eigenvalue weighted by Gasteiger charge is -2.24. The van der Waals surface area contributed by atoms with E-state index in [1.165, 1.54) is 0 Å². The van der Waals surface area contributed by atoms with E-state index >= 15 is 0 Å². The highest BCUT2D eigenvalue weighted by molar-refractivity contribution is 7.81. The van der Waals surface area contributed by atoms with Gasteiger partial charge in [0.2, 0.25) is 0 Å². The van der Waals surface area contributed by atoms with Crippen molar-refractivity contribution in [2.75, 3.05) is 6.61 Å². The number of ether oxygens (including phenoxy) is 1. The van der Waals surface area contributed by atoms with Crippen LogP contribution in [0.5, 0.6) is 0 Å². The molecule has 0 saturated carbocycles. The minimum atomic E-state index is -2.90. The van der Waals surface area contributed by atoms with Crippen LogP contribution in [0, 0.1) is 0 Å². The Hall–Kier alpha value is -2.34. The molecule has 0 heterocycles. The van der Waals surface area contributed by atoms with Gasteiger partial charge in [0.15, 0.2) is 7.14 Å². The van der Waals surface area contributed by atoms with E-state index in [2.05, 4.69) is 12.3 Å². The predicted octanol–water partition coefficient (Wildman–Crippen LogP) is 5.09. The van der Waals surface area contributed by atoms with E-state index in [4.69, 9.17) is 4.74 Å². The average Bonchev–Trinajstić information content (AvgIpc) is 2.63.